The molecule has 0 aromatic heterocycles. The number of hydrogen-bond acceptors (Lipinski definition) is 0. The highest BCUT2D eigenvalue weighted by Crippen LogP contribution is 2.62. The summed E-state index contributed by atoms with van der Waals surface area (Å²) >= 11 is 0. The van der Waals surface area contributed by atoms with E-state index < -0.39 is 0 Å². The van der Waals surface area contributed by atoms with Crippen molar-refractivity contribution in [3.63, 3.8) is 0 Å². The first-order valence-corrected chi connectivity index (χ1v) is 5.32. The van der Waals surface area contributed by atoms with Gasteiger partial charge in [-0.1, -0.05) is 48.0 Å². The summed E-state index contributed by atoms with van der Waals surface area (Å²) in [6, 6.07) is 0. The lowest BCUT2D eigenvalue weighted by molar-refractivity contribution is 0.136. The Balaban J connectivity index is 2.71. The predicted octanol–water partition coefficient (Wildman–Crippen LogP) is 4.10. The molecular weight excluding hydrogens is 144 g/mol. The van der Waals surface area contributed by atoms with Crippen LogP contribution in [0.3, 0.4) is 0 Å². The van der Waals surface area contributed by atoms with Gasteiger partial charge in [0.05, 0.1) is 0 Å². The molecule has 0 amide bonds. The van der Waals surface area contributed by atoms with Crippen molar-refractivity contribution in [3.05, 3.63) is 0 Å². The Labute approximate surface area is 77.7 Å². The quantitative estimate of drug-likeness (QED) is 0.582. The normalized spacial score (nSPS) is 38.0. The summed E-state index contributed by atoms with van der Waals surface area (Å²) in [6.07, 6.45) is 2.78. The van der Waals surface area contributed by atoms with E-state index >= 15 is 0 Å². The maximum atomic E-state index is 2.47. The van der Waals surface area contributed by atoms with E-state index in [1.54, 1.807) is 0 Å². The monoisotopic (exact) mass is 168 g/mol. The third kappa shape index (κ3) is 1.53. The van der Waals surface area contributed by atoms with Gasteiger partial charge in [0, 0.05) is 0 Å². The Morgan fingerprint density at radius 1 is 1.42 bits per heavy atom. The smallest absolute Gasteiger partial charge is 0.0264 e. The zero-order chi connectivity index (χ0) is 9.57. The van der Waals surface area contributed by atoms with Crippen molar-refractivity contribution in [3.8, 4) is 0 Å². The van der Waals surface area contributed by atoms with Crippen LogP contribution in [0.1, 0.15) is 54.4 Å². The van der Waals surface area contributed by atoms with E-state index in [0.29, 0.717) is 10.8 Å². The molecule has 0 heterocycles. The Morgan fingerprint density at radius 3 is 1.92 bits per heavy atom. The van der Waals surface area contributed by atoms with Crippen molar-refractivity contribution in [2.75, 3.05) is 0 Å². The van der Waals surface area contributed by atoms with Gasteiger partial charge in [-0.15, -0.1) is 0 Å². The third-order valence-electron chi connectivity index (χ3n) is 3.96. The van der Waals surface area contributed by atoms with Crippen LogP contribution >= 0.6 is 0 Å². The Hall–Kier alpha value is 0. The first-order valence-electron chi connectivity index (χ1n) is 5.32. The van der Waals surface area contributed by atoms with Crippen LogP contribution in [0.5, 0.6) is 0 Å². The first kappa shape index (κ1) is 10.1. The van der Waals surface area contributed by atoms with Crippen LogP contribution in [-0.4, -0.2) is 0 Å². The Morgan fingerprint density at radius 2 is 1.83 bits per heavy atom. The number of rotatable bonds is 2. The molecule has 0 aromatic rings. The van der Waals surface area contributed by atoms with Gasteiger partial charge in [0.25, 0.3) is 0 Å². The van der Waals surface area contributed by atoms with Gasteiger partial charge < -0.3 is 0 Å². The van der Waals surface area contributed by atoms with Gasteiger partial charge in [-0.2, -0.15) is 0 Å². The summed E-state index contributed by atoms with van der Waals surface area (Å²) in [4.78, 5) is 0. The van der Waals surface area contributed by atoms with Gasteiger partial charge >= 0.3 is 0 Å². The molecule has 12 heavy (non-hydrogen) atoms. The van der Waals surface area contributed by atoms with Crippen molar-refractivity contribution >= 4 is 0 Å². The standard InChI is InChI=1S/C12H24/c1-7-10(11(3,4)5)12(6)8-9(12)2/h9-10H,7-8H2,1-6H3. The highest BCUT2D eigenvalue weighted by atomic mass is 14.6. The van der Waals surface area contributed by atoms with Gasteiger partial charge in [-0.25, -0.2) is 0 Å². The van der Waals surface area contributed by atoms with Crippen LogP contribution in [0.4, 0.5) is 0 Å². The molecule has 1 fully saturated rings. The van der Waals surface area contributed by atoms with E-state index in [-0.39, 0.29) is 0 Å². The second-order valence-electron chi connectivity index (χ2n) is 5.94. The second kappa shape index (κ2) is 2.75. The molecule has 1 saturated carbocycles. The molecule has 1 rings (SSSR count). The molecule has 0 heteroatoms. The average Bonchev–Trinajstić information content (AvgIpc) is 2.38. The van der Waals surface area contributed by atoms with E-state index in [1.807, 2.05) is 0 Å². The summed E-state index contributed by atoms with van der Waals surface area (Å²) in [6.45, 7) is 14.4. The Bertz CT molecular complexity index is 163. The van der Waals surface area contributed by atoms with Crippen LogP contribution in [0.15, 0.2) is 0 Å². The van der Waals surface area contributed by atoms with Crippen LogP contribution < -0.4 is 0 Å². The van der Waals surface area contributed by atoms with Crippen molar-refractivity contribution in [2.24, 2.45) is 22.7 Å². The SMILES string of the molecule is CCC(C(C)(C)C)C1(C)CC1C. The van der Waals surface area contributed by atoms with Gasteiger partial charge in [0.2, 0.25) is 0 Å². The first-order chi connectivity index (χ1) is 5.32. The molecule has 1 aliphatic rings. The molecule has 1 aliphatic carbocycles. The lowest BCUT2D eigenvalue weighted by Gasteiger charge is -2.36. The fourth-order valence-electron chi connectivity index (χ4n) is 3.15. The second-order valence-corrected chi connectivity index (χ2v) is 5.94. The maximum Gasteiger partial charge on any atom is -0.0264 e. The van der Waals surface area contributed by atoms with Gasteiger partial charge in [-0.3, -0.25) is 0 Å². The van der Waals surface area contributed by atoms with E-state index in [2.05, 4.69) is 41.5 Å². The van der Waals surface area contributed by atoms with Gasteiger partial charge in [0.1, 0.15) is 0 Å². The average molecular weight is 168 g/mol. The molecule has 0 aliphatic heterocycles. The fraction of sp³-hybridized carbons (Fsp3) is 1.00. The van der Waals surface area contributed by atoms with Crippen molar-refractivity contribution in [1.82, 2.24) is 0 Å². The summed E-state index contributed by atoms with van der Waals surface area (Å²) in [5.74, 6) is 1.86. The molecule has 0 nitrogen and oxygen atoms in total. The predicted molar refractivity (Wildman–Crippen MR) is 55.1 cm³/mol. The lowest BCUT2D eigenvalue weighted by Crippen LogP contribution is -2.28. The molecule has 0 aromatic carbocycles. The molecule has 0 radical (unpaired) electrons. The summed E-state index contributed by atoms with van der Waals surface area (Å²) in [5, 5.41) is 0. The Kier molecular flexibility index (Phi) is 2.31. The molecule has 3 unspecified atom stereocenters. The topological polar surface area (TPSA) is 0 Å². The van der Waals surface area contributed by atoms with Crippen molar-refractivity contribution in [2.45, 2.75) is 54.4 Å². The van der Waals surface area contributed by atoms with E-state index in [9.17, 15) is 0 Å². The minimum atomic E-state index is 0.494. The molecule has 0 saturated heterocycles. The zero-order valence-electron chi connectivity index (χ0n) is 9.57. The molecular formula is C12H24. The highest BCUT2D eigenvalue weighted by molar-refractivity contribution is 5.03. The van der Waals surface area contributed by atoms with Crippen LogP contribution in [-0.2, 0) is 0 Å². The van der Waals surface area contributed by atoms with Crippen LogP contribution in [0.2, 0.25) is 0 Å². The number of hydrogen-bond donors (Lipinski definition) is 0. The summed E-state index contributed by atoms with van der Waals surface area (Å²) < 4.78 is 0. The van der Waals surface area contributed by atoms with E-state index in [1.165, 1.54) is 12.8 Å². The minimum absolute atomic E-state index is 0.494. The lowest BCUT2D eigenvalue weighted by atomic mass is 9.69. The van der Waals surface area contributed by atoms with Gasteiger partial charge in [0.15, 0.2) is 0 Å². The highest BCUT2D eigenvalue weighted by Gasteiger charge is 2.54. The summed E-state index contributed by atoms with van der Waals surface area (Å²) in [7, 11) is 0. The van der Waals surface area contributed by atoms with Crippen molar-refractivity contribution in [1.29, 1.82) is 0 Å². The van der Waals surface area contributed by atoms with Crippen LogP contribution in [0, 0.1) is 22.7 Å². The largest absolute Gasteiger partial charge is 0.0651 e. The minimum Gasteiger partial charge on any atom is -0.0651 e. The maximum absolute atomic E-state index is 2.47. The third-order valence-corrected chi connectivity index (χ3v) is 3.96. The molecule has 3 atom stereocenters. The molecule has 0 N–H and O–H groups in total. The van der Waals surface area contributed by atoms with E-state index in [4.69, 9.17) is 0 Å². The van der Waals surface area contributed by atoms with Gasteiger partial charge in [-0.05, 0) is 29.1 Å². The summed E-state index contributed by atoms with van der Waals surface area (Å²) in [5.41, 5.74) is 1.15. The van der Waals surface area contributed by atoms with E-state index in [0.717, 1.165) is 11.8 Å². The fourth-order valence-corrected chi connectivity index (χ4v) is 3.15. The molecule has 0 bridgehead atoms. The van der Waals surface area contributed by atoms with Crippen LogP contribution in [0.25, 0.3) is 0 Å². The molecule has 72 valence electrons. The molecule has 0 spiro atoms. The van der Waals surface area contributed by atoms with Crippen molar-refractivity contribution < 1.29 is 0 Å². The zero-order valence-corrected chi connectivity index (χ0v) is 9.57.